The standard InChI is InChI=1S/C13H22N4/c1-14-7-12-3-2-6-16(12)9-13-8-15-10-17(13)11-4-5-11/h8,10-12,14H,2-7,9H2,1H3. The Morgan fingerprint density at radius 1 is 1.41 bits per heavy atom. The fourth-order valence-electron chi connectivity index (χ4n) is 2.91. The van der Waals surface area contributed by atoms with Crippen molar-refractivity contribution >= 4 is 0 Å². The first kappa shape index (κ1) is 11.2. The molecule has 1 unspecified atom stereocenters. The summed E-state index contributed by atoms with van der Waals surface area (Å²) in [4.78, 5) is 6.92. The minimum Gasteiger partial charge on any atom is -0.330 e. The lowest BCUT2D eigenvalue weighted by Crippen LogP contribution is -2.36. The molecule has 17 heavy (non-hydrogen) atoms. The number of nitrogens with one attached hydrogen (secondary N) is 1. The first-order valence-corrected chi connectivity index (χ1v) is 6.78. The zero-order valence-electron chi connectivity index (χ0n) is 10.6. The molecule has 1 aliphatic carbocycles. The van der Waals surface area contributed by atoms with Crippen molar-refractivity contribution in [2.75, 3.05) is 20.1 Å². The molecular formula is C13H22N4. The van der Waals surface area contributed by atoms with E-state index in [1.54, 1.807) is 0 Å². The lowest BCUT2D eigenvalue weighted by molar-refractivity contribution is 0.236. The van der Waals surface area contributed by atoms with Crippen LogP contribution in [0.3, 0.4) is 0 Å². The van der Waals surface area contributed by atoms with Gasteiger partial charge in [-0.1, -0.05) is 0 Å². The van der Waals surface area contributed by atoms with Gasteiger partial charge >= 0.3 is 0 Å². The molecule has 1 aliphatic heterocycles. The highest BCUT2D eigenvalue weighted by atomic mass is 15.2. The maximum absolute atomic E-state index is 4.32. The highest BCUT2D eigenvalue weighted by molar-refractivity contribution is 5.04. The first-order chi connectivity index (χ1) is 8.38. The SMILES string of the molecule is CNCC1CCCN1Cc1cncn1C1CC1. The second-order valence-electron chi connectivity index (χ2n) is 5.35. The summed E-state index contributed by atoms with van der Waals surface area (Å²) in [5.74, 6) is 0. The Hall–Kier alpha value is -0.870. The van der Waals surface area contributed by atoms with Gasteiger partial charge in [-0.25, -0.2) is 4.98 Å². The van der Waals surface area contributed by atoms with Gasteiger partial charge in [0.25, 0.3) is 0 Å². The minimum absolute atomic E-state index is 0.711. The zero-order valence-corrected chi connectivity index (χ0v) is 10.6. The van der Waals surface area contributed by atoms with E-state index >= 15 is 0 Å². The van der Waals surface area contributed by atoms with Gasteiger partial charge in [-0.15, -0.1) is 0 Å². The molecule has 0 aromatic carbocycles. The summed E-state index contributed by atoms with van der Waals surface area (Å²) in [6.07, 6.45) is 9.40. The molecule has 1 saturated heterocycles. The topological polar surface area (TPSA) is 33.1 Å². The number of hydrogen-bond acceptors (Lipinski definition) is 3. The number of aromatic nitrogens is 2. The first-order valence-electron chi connectivity index (χ1n) is 6.78. The van der Waals surface area contributed by atoms with E-state index in [9.17, 15) is 0 Å². The van der Waals surface area contributed by atoms with Crippen molar-refractivity contribution in [3.8, 4) is 0 Å². The Bertz CT molecular complexity index is 369. The van der Waals surface area contributed by atoms with Crippen molar-refractivity contribution in [1.29, 1.82) is 0 Å². The van der Waals surface area contributed by atoms with E-state index in [-0.39, 0.29) is 0 Å². The van der Waals surface area contributed by atoms with Gasteiger partial charge in [0.15, 0.2) is 0 Å². The summed E-state index contributed by atoms with van der Waals surface area (Å²) in [7, 11) is 2.05. The molecule has 0 radical (unpaired) electrons. The third kappa shape index (κ3) is 2.38. The molecule has 1 N–H and O–H groups in total. The highest BCUT2D eigenvalue weighted by Crippen LogP contribution is 2.36. The molecule has 2 aliphatic rings. The molecule has 4 nitrogen and oxygen atoms in total. The fraction of sp³-hybridized carbons (Fsp3) is 0.769. The smallest absolute Gasteiger partial charge is 0.0951 e. The number of hydrogen-bond donors (Lipinski definition) is 1. The van der Waals surface area contributed by atoms with Gasteiger partial charge < -0.3 is 9.88 Å². The average Bonchev–Trinajstić information content (AvgIpc) is 2.92. The van der Waals surface area contributed by atoms with E-state index in [0.717, 1.165) is 19.1 Å². The number of rotatable bonds is 5. The fourth-order valence-corrected chi connectivity index (χ4v) is 2.91. The van der Waals surface area contributed by atoms with Crippen LogP contribution in [0, 0.1) is 0 Å². The molecule has 1 aromatic heterocycles. The molecule has 0 amide bonds. The summed E-state index contributed by atoms with van der Waals surface area (Å²) in [6.45, 7) is 3.42. The van der Waals surface area contributed by atoms with E-state index in [1.807, 2.05) is 19.6 Å². The third-order valence-corrected chi connectivity index (χ3v) is 3.99. The minimum atomic E-state index is 0.711. The predicted octanol–water partition coefficient (Wildman–Crippen LogP) is 1.40. The monoisotopic (exact) mass is 234 g/mol. The molecular weight excluding hydrogens is 212 g/mol. The Morgan fingerprint density at radius 3 is 3.06 bits per heavy atom. The van der Waals surface area contributed by atoms with Gasteiger partial charge in [0, 0.05) is 31.4 Å². The second kappa shape index (κ2) is 4.78. The molecule has 2 fully saturated rings. The molecule has 1 saturated carbocycles. The van der Waals surface area contributed by atoms with Crippen LogP contribution in [0.2, 0.25) is 0 Å². The van der Waals surface area contributed by atoms with E-state index in [0.29, 0.717) is 6.04 Å². The Morgan fingerprint density at radius 2 is 2.29 bits per heavy atom. The second-order valence-corrected chi connectivity index (χ2v) is 5.35. The summed E-state index contributed by atoms with van der Waals surface area (Å²) in [6, 6.07) is 1.46. The Balaban J connectivity index is 1.66. The van der Waals surface area contributed by atoms with Gasteiger partial charge in [0.2, 0.25) is 0 Å². The lowest BCUT2D eigenvalue weighted by atomic mass is 10.2. The maximum Gasteiger partial charge on any atom is 0.0951 e. The van der Waals surface area contributed by atoms with Crippen LogP contribution in [0.5, 0.6) is 0 Å². The van der Waals surface area contributed by atoms with E-state index in [2.05, 4.69) is 19.8 Å². The van der Waals surface area contributed by atoms with Crippen molar-refractivity contribution in [2.45, 2.75) is 44.3 Å². The van der Waals surface area contributed by atoms with E-state index < -0.39 is 0 Å². The molecule has 94 valence electrons. The van der Waals surface area contributed by atoms with E-state index in [4.69, 9.17) is 0 Å². The number of imidazole rings is 1. The van der Waals surface area contributed by atoms with Gasteiger partial charge in [0.05, 0.1) is 12.0 Å². The van der Waals surface area contributed by atoms with Crippen molar-refractivity contribution in [3.63, 3.8) is 0 Å². The Kier molecular flexibility index (Phi) is 3.16. The zero-order chi connectivity index (χ0) is 11.7. The van der Waals surface area contributed by atoms with E-state index in [1.165, 1.54) is 37.9 Å². The van der Waals surface area contributed by atoms with Crippen LogP contribution in [-0.2, 0) is 6.54 Å². The van der Waals surface area contributed by atoms with Gasteiger partial charge in [-0.3, -0.25) is 4.90 Å². The maximum atomic E-state index is 4.32. The molecule has 3 rings (SSSR count). The van der Waals surface area contributed by atoms with Crippen LogP contribution < -0.4 is 5.32 Å². The van der Waals surface area contributed by atoms with Gasteiger partial charge in [0.1, 0.15) is 0 Å². The summed E-state index contributed by atoms with van der Waals surface area (Å²) in [5.41, 5.74) is 1.40. The van der Waals surface area contributed by atoms with Crippen molar-refractivity contribution in [2.24, 2.45) is 0 Å². The summed E-state index contributed by atoms with van der Waals surface area (Å²) >= 11 is 0. The summed E-state index contributed by atoms with van der Waals surface area (Å²) < 4.78 is 2.38. The average molecular weight is 234 g/mol. The van der Waals surface area contributed by atoms with Crippen LogP contribution in [0.15, 0.2) is 12.5 Å². The molecule has 1 aromatic rings. The van der Waals surface area contributed by atoms with Crippen LogP contribution in [0.1, 0.15) is 37.4 Å². The van der Waals surface area contributed by atoms with Gasteiger partial charge in [-0.2, -0.15) is 0 Å². The Labute approximate surface area is 103 Å². The number of nitrogens with zero attached hydrogens (tertiary/aromatic N) is 3. The molecule has 1 atom stereocenters. The van der Waals surface area contributed by atoms with Crippen LogP contribution in [0.4, 0.5) is 0 Å². The van der Waals surface area contributed by atoms with Crippen LogP contribution in [-0.4, -0.2) is 40.6 Å². The molecule has 4 heteroatoms. The third-order valence-electron chi connectivity index (χ3n) is 3.99. The number of likely N-dealkylation sites (N-methyl/N-ethyl adjacent to an activating group) is 1. The largest absolute Gasteiger partial charge is 0.330 e. The van der Waals surface area contributed by atoms with Crippen molar-refractivity contribution in [1.82, 2.24) is 19.8 Å². The summed E-state index contributed by atoms with van der Waals surface area (Å²) in [5, 5.41) is 3.30. The number of likely N-dealkylation sites (tertiary alicyclic amines) is 1. The van der Waals surface area contributed by atoms with Crippen molar-refractivity contribution < 1.29 is 0 Å². The van der Waals surface area contributed by atoms with Gasteiger partial charge in [-0.05, 0) is 39.3 Å². The normalized spacial score (nSPS) is 25.6. The van der Waals surface area contributed by atoms with Crippen molar-refractivity contribution in [3.05, 3.63) is 18.2 Å². The van der Waals surface area contributed by atoms with Crippen LogP contribution in [0.25, 0.3) is 0 Å². The highest BCUT2D eigenvalue weighted by Gasteiger charge is 2.28. The quantitative estimate of drug-likeness (QED) is 0.836. The molecule has 2 heterocycles. The predicted molar refractivity (Wildman–Crippen MR) is 67.9 cm³/mol. The molecule has 0 spiro atoms. The molecule has 0 bridgehead atoms. The lowest BCUT2D eigenvalue weighted by Gasteiger charge is -2.24. The van der Waals surface area contributed by atoms with Crippen LogP contribution >= 0.6 is 0 Å².